The van der Waals surface area contributed by atoms with Crippen LogP contribution >= 0.6 is 15.9 Å². The molecule has 3 atom stereocenters. The molecule has 20 heavy (non-hydrogen) atoms. The van der Waals surface area contributed by atoms with Gasteiger partial charge in [-0.05, 0) is 38.6 Å². The van der Waals surface area contributed by atoms with E-state index in [9.17, 15) is 0 Å². The van der Waals surface area contributed by atoms with E-state index in [1.165, 1.54) is 16.5 Å². The lowest BCUT2D eigenvalue weighted by Gasteiger charge is -2.33. The van der Waals surface area contributed by atoms with Crippen molar-refractivity contribution in [1.82, 2.24) is 9.80 Å². The van der Waals surface area contributed by atoms with Crippen LogP contribution in [0.25, 0.3) is 0 Å². The lowest BCUT2D eigenvalue weighted by molar-refractivity contribution is 0.189. The van der Waals surface area contributed by atoms with Gasteiger partial charge in [0.15, 0.2) is 0 Å². The average molecular weight is 340 g/mol. The Hall–Kier alpha value is -0.420. The van der Waals surface area contributed by atoms with Crippen LogP contribution in [0.15, 0.2) is 28.7 Å². The number of hydrogen-bond donors (Lipinski definition) is 1. The summed E-state index contributed by atoms with van der Waals surface area (Å²) < 4.78 is 1.17. The Labute approximate surface area is 131 Å². The molecule has 1 aromatic rings. The second kappa shape index (κ2) is 7.03. The fourth-order valence-electron chi connectivity index (χ4n) is 3.08. The molecule has 3 nitrogen and oxygen atoms in total. The topological polar surface area (TPSA) is 32.5 Å². The molecular weight excluding hydrogens is 314 g/mol. The lowest BCUT2D eigenvalue weighted by Crippen LogP contribution is -2.41. The maximum Gasteiger partial charge on any atom is 0.0510 e. The van der Waals surface area contributed by atoms with Gasteiger partial charge in [-0.1, -0.05) is 41.1 Å². The summed E-state index contributed by atoms with van der Waals surface area (Å²) in [5.74, 6) is 0. The molecule has 0 bridgehead atoms. The van der Waals surface area contributed by atoms with Crippen LogP contribution in [0.2, 0.25) is 0 Å². The summed E-state index contributed by atoms with van der Waals surface area (Å²) in [6.45, 7) is 4.41. The first-order valence-corrected chi connectivity index (χ1v) is 8.24. The van der Waals surface area contributed by atoms with Crippen molar-refractivity contribution in [3.8, 4) is 0 Å². The predicted molar refractivity (Wildman–Crippen MR) is 88.8 cm³/mol. The van der Waals surface area contributed by atoms with E-state index in [4.69, 9.17) is 5.73 Å². The predicted octanol–water partition coefficient (Wildman–Crippen LogP) is 2.86. The van der Waals surface area contributed by atoms with Crippen LogP contribution in [0.3, 0.4) is 0 Å². The Balaban J connectivity index is 2.24. The van der Waals surface area contributed by atoms with Crippen LogP contribution < -0.4 is 5.73 Å². The quantitative estimate of drug-likeness (QED) is 0.895. The molecule has 0 aromatic heterocycles. The van der Waals surface area contributed by atoms with Crippen LogP contribution in [0.5, 0.6) is 0 Å². The highest BCUT2D eigenvalue weighted by Crippen LogP contribution is 2.33. The number of likely N-dealkylation sites (N-methyl/N-ethyl adjacent to an activating group) is 1. The third-order valence-electron chi connectivity index (χ3n) is 4.42. The zero-order chi connectivity index (χ0) is 14.7. The molecular formula is C16H26BrN3. The van der Waals surface area contributed by atoms with Crippen molar-refractivity contribution in [2.75, 3.05) is 27.2 Å². The van der Waals surface area contributed by atoms with Crippen molar-refractivity contribution in [2.45, 2.75) is 37.9 Å². The van der Waals surface area contributed by atoms with Gasteiger partial charge in [0.1, 0.15) is 0 Å². The Kier molecular flexibility index (Phi) is 5.61. The van der Waals surface area contributed by atoms with Gasteiger partial charge < -0.3 is 10.6 Å². The summed E-state index contributed by atoms with van der Waals surface area (Å²) in [7, 11) is 4.34. The highest BCUT2D eigenvalue weighted by Gasteiger charge is 2.33. The van der Waals surface area contributed by atoms with E-state index < -0.39 is 0 Å². The monoisotopic (exact) mass is 339 g/mol. The van der Waals surface area contributed by atoms with Gasteiger partial charge in [-0.3, -0.25) is 4.90 Å². The van der Waals surface area contributed by atoms with Crippen LogP contribution in [0.4, 0.5) is 0 Å². The van der Waals surface area contributed by atoms with Gasteiger partial charge in [0.25, 0.3) is 0 Å². The van der Waals surface area contributed by atoms with E-state index in [2.05, 4.69) is 71.0 Å². The molecule has 4 heteroatoms. The average Bonchev–Trinajstić information content (AvgIpc) is 2.90. The molecule has 0 saturated carbocycles. The number of benzene rings is 1. The number of nitrogens with zero attached hydrogens (tertiary/aromatic N) is 2. The smallest absolute Gasteiger partial charge is 0.0510 e. The summed E-state index contributed by atoms with van der Waals surface area (Å²) in [4.78, 5) is 4.88. The minimum atomic E-state index is 0.176. The van der Waals surface area contributed by atoms with Gasteiger partial charge >= 0.3 is 0 Å². The van der Waals surface area contributed by atoms with Crippen LogP contribution in [-0.2, 0) is 0 Å². The number of likely N-dealkylation sites (tertiary alicyclic amines) is 1. The molecule has 2 N–H and O–H groups in total. The molecule has 1 aliphatic heterocycles. The number of hydrogen-bond acceptors (Lipinski definition) is 3. The van der Waals surface area contributed by atoms with Gasteiger partial charge in [0, 0.05) is 29.6 Å². The summed E-state index contributed by atoms with van der Waals surface area (Å²) in [6.07, 6.45) is 2.22. The van der Waals surface area contributed by atoms with Crippen molar-refractivity contribution >= 4 is 15.9 Å². The Bertz CT molecular complexity index is 435. The first kappa shape index (κ1) is 16.0. The molecule has 1 saturated heterocycles. The maximum atomic E-state index is 6.44. The van der Waals surface area contributed by atoms with Gasteiger partial charge in [0.2, 0.25) is 0 Å². The molecule has 0 spiro atoms. The molecule has 1 aromatic carbocycles. The fourth-order valence-corrected chi connectivity index (χ4v) is 3.60. The van der Waals surface area contributed by atoms with E-state index in [0.29, 0.717) is 12.1 Å². The van der Waals surface area contributed by atoms with E-state index in [1.54, 1.807) is 0 Å². The zero-order valence-corrected chi connectivity index (χ0v) is 14.3. The SMILES string of the molecule is CCC(N)C(c1ccccc1Br)N1CCC(N(C)C)C1. The summed E-state index contributed by atoms with van der Waals surface area (Å²) in [5, 5.41) is 0. The molecule has 1 aliphatic rings. The van der Waals surface area contributed by atoms with E-state index in [0.717, 1.165) is 19.5 Å². The number of rotatable bonds is 5. The molecule has 2 rings (SSSR count). The van der Waals surface area contributed by atoms with Crippen molar-refractivity contribution in [3.63, 3.8) is 0 Å². The highest BCUT2D eigenvalue weighted by molar-refractivity contribution is 9.10. The molecule has 0 aliphatic carbocycles. The van der Waals surface area contributed by atoms with Crippen molar-refractivity contribution in [2.24, 2.45) is 5.73 Å². The van der Waals surface area contributed by atoms with Crippen LogP contribution in [0, 0.1) is 0 Å². The minimum absolute atomic E-state index is 0.176. The molecule has 1 fully saturated rings. The van der Waals surface area contributed by atoms with Gasteiger partial charge in [0.05, 0.1) is 6.04 Å². The summed E-state index contributed by atoms with van der Waals surface area (Å²) in [6, 6.07) is 9.61. The minimum Gasteiger partial charge on any atom is -0.326 e. The van der Waals surface area contributed by atoms with E-state index >= 15 is 0 Å². The Morgan fingerprint density at radius 3 is 2.65 bits per heavy atom. The summed E-state index contributed by atoms with van der Waals surface area (Å²) >= 11 is 3.69. The zero-order valence-electron chi connectivity index (χ0n) is 12.7. The highest BCUT2D eigenvalue weighted by atomic mass is 79.9. The van der Waals surface area contributed by atoms with Crippen molar-refractivity contribution < 1.29 is 0 Å². The third-order valence-corrected chi connectivity index (χ3v) is 5.14. The standard InChI is InChI=1S/C16H26BrN3/c1-4-15(18)16(13-7-5-6-8-14(13)17)20-10-9-12(11-20)19(2)3/h5-8,12,15-16H,4,9-11,18H2,1-3H3. The van der Waals surface area contributed by atoms with Crippen LogP contribution in [-0.4, -0.2) is 49.1 Å². The van der Waals surface area contributed by atoms with E-state index in [1.807, 2.05) is 0 Å². The Morgan fingerprint density at radius 1 is 1.40 bits per heavy atom. The van der Waals surface area contributed by atoms with Crippen molar-refractivity contribution in [3.05, 3.63) is 34.3 Å². The molecule has 3 unspecified atom stereocenters. The molecule has 0 radical (unpaired) electrons. The van der Waals surface area contributed by atoms with Crippen molar-refractivity contribution in [1.29, 1.82) is 0 Å². The number of nitrogens with two attached hydrogens (primary N) is 1. The van der Waals surface area contributed by atoms with Gasteiger partial charge in [-0.25, -0.2) is 0 Å². The first-order chi connectivity index (χ1) is 9.54. The number of halogens is 1. The molecule has 1 heterocycles. The first-order valence-electron chi connectivity index (χ1n) is 7.45. The normalized spacial score (nSPS) is 23.2. The fraction of sp³-hybridized carbons (Fsp3) is 0.625. The second-order valence-electron chi connectivity index (χ2n) is 5.94. The molecule has 112 valence electrons. The Morgan fingerprint density at radius 2 is 2.10 bits per heavy atom. The van der Waals surface area contributed by atoms with Gasteiger partial charge in [-0.15, -0.1) is 0 Å². The second-order valence-corrected chi connectivity index (χ2v) is 6.79. The van der Waals surface area contributed by atoms with E-state index in [-0.39, 0.29) is 6.04 Å². The largest absolute Gasteiger partial charge is 0.326 e. The molecule has 0 amide bonds. The van der Waals surface area contributed by atoms with Crippen LogP contribution in [0.1, 0.15) is 31.4 Å². The lowest BCUT2D eigenvalue weighted by atomic mass is 9.96. The summed E-state index contributed by atoms with van der Waals surface area (Å²) in [5.41, 5.74) is 7.76. The third kappa shape index (κ3) is 3.42. The maximum absolute atomic E-state index is 6.44. The van der Waals surface area contributed by atoms with Gasteiger partial charge in [-0.2, -0.15) is 0 Å².